The van der Waals surface area contributed by atoms with Gasteiger partial charge < -0.3 is 7.59 Å². The summed E-state index contributed by atoms with van der Waals surface area (Å²) in [7, 11) is 1.66. The Morgan fingerprint density at radius 1 is 1.22 bits per heavy atom. The Kier molecular flexibility index (Phi) is 4.53. The Morgan fingerprint density at radius 3 is 2.11 bits per heavy atom. The largest absolute Gasteiger partial charge is 2.00 e. The summed E-state index contributed by atoms with van der Waals surface area (Å²) in [5.74, 6) is 0.910. The van der Waals surface area contributed by atoms with Crippen LogP contribution >= 0.6 is 0 Å². The van der Waals surface area contributed by atoms with Crippen molar-refractivity contribution in [1.29, 1.82) is 0 Å². The minimum Gasteiger partial charge on any atom is -1.00 e. The predicted molar refractivity (Wildman–Crippen MR) is 41.0 cm³/mol. The van der Waals surface area contributed by atoms with Crippen LogP contribution in [0.1, 0.15) is 2.85 Å². The van der Waals surface area contributed by atoms with Crippen molar-refractivity contribution in [2.45, 2.75) is 0 Å². The van der Waals surface area contributed by atoms with Crippen LogP contribution in [0.5, 0.6) is 5.75 Å². The Hall–Kier alpha value is -0.214. The minimum atomic E-state index is 0. The van der Waals surface area contributed by atoms with E-state index in [2.05, 4.69) is 0 Å². The summed E-state index contributed by atoms with van der Waals surface area (Å²) in [5, 5.41) is 0. The van der Waals surface area contributed by atoms with Gasteiger partial charge in [-0.3, -0.25) is 0 Å². The van der Waals surface area contributed by atoms with E-state index in [4.69, 9.17) is 4.74 Å². The van der Waals surface area contributed by atoms with Crippen LogP contribution in [0.3, 0.4) is 0 Å². The number of benzene rings is 1. The van der Waals surface area contributed by atoms with Crippen molar-refractivity contribution in [1.82, 2.24) is 0 Å². The van der Waals surface area contributed by atoms with Crippen molar-refractivity contribution in [3.8, 4) is 5.75 Å². The second-order valence-electron chi connectivity index (χ2n) is 1.52. The van der Waals surface area contributed by atoms with E-state index in [1.54, 1.807) is 7.11 Å². The molecule has 0 N–H and O–H groups in total. The molecule has 0 saturated carbocycles. The molecular formula is C7H10MgO. The van der Waals surface area contributed by atoms with Crippen molar-refractivity contribution in [3.05, 3.63) is 30.3 Å². The molecule has 0 unspecified atom stereocenters. The molecule has 0 aromatic heterocycles. The van der Waals surface area contributed by atoms with Gasteiger partial charge in [-0.15, -0.1) is 0 Å². The SMILES string of the molecule is COc1ccccc1.[H-].[H-].[Mg+2]. The molecule has 2 heteroatoms. The van der Waals surface area contributed by atoms with Gasteiger partial charge in [-0.2, -0.15) is 0 Å². The zero-order valence-electron chi connectivity index (χ0n) is 7.50. The van der Waals surface area contributed by atoms with Crippen LogP contribution in [0.15, 0.2) is 30.3 Å². The van der Waals surface area contributed by atoms with Crippen LogP contribution in [-0.4, -0.2) is 30.2 Å². The molecular weight excluding hydrogens is 124 g/mol. The molecule has 0 heterocycles. The van der Waals surface area contributed by atoms with Crippen molar-refractivity contribution >= 4 is 23.1 Å². The van der Waals surface area contributed by atoms with Gasteiger partial charge in [-0.05, 0) is 12.1 Å². The van der Waals surface area contributed by atoms with Crippen LogP contribution in [0.4, 0.5) is 0 Å². The van der Waals surface area contributed by atoms with E-state index in [0.717, 1.165) is 5.75 Å². The normalized spacial score (nSPS) is 7.67. The van der Waals surface area contributed by atoms with Crippen molar-refractivity contribution in [2.24, 2.45) is 0 Å². The minimum absolute atomic E-state index is 0. The van der Waals surface area contributed by atoms with Gasteiger partial charge in [0.25, 0.3) is 0 Å². The number of ether oxygens (including phenoxy) is 1. The molecule has 1 aromatic rings. The van der Waals surface area contributed by atoms with Gasteiger partial charge in [-0.25, -0.2) is 0 Å². The van der Waals surface area contributed by atoms with Crippen molar-refractivity contribution in [2.75, 3.05) is 7.11 Å². The number of methoxy groups -OCH3 is 1. The molecule has 0 amide bonds. The Labute approximate surface area is 74.1 Å². The molecule has 9 heavy (non-hydrogen) atoms. The number of para-hydroxylation sites is 1. The first-order valence-corrected chi connectivity index (χ1v) is 2.52. The van der Waals surface area contributed by atoms with Gasteiger partial charge in [0.15, 0.2) is 0 Å². The average Bonchev–Trinajstić information content (AvgIpc) is 1.90. The van der Waals surface area contributed by atoms with E-state index in [9.17, 15) is 0 Å². The first-order valence-electron chi connectivity index (χ1n) is 2.52. The monoisotopic (exact) mass is 134 g/mol. The maximum Gasteiger partial charge on any atom is 2.00 e. The summed E-state index contributed by atoms with van der Waals surface area (Å²) in [6.45, 7) is 0. The summed E-state index contributed by atoms with van der Waals surface area (Å²) in [5.41, 5.74) is 0. The summed E-state index contributed by atoms with van der Waals surface area (Å²) >= 11 is 0. The number of rotatable bonds is 1. The van der Waals surface area contributed by atoms with Gasteiger partial charge in [0.05, 0.1) is 7.11 Å². The van der Waals surface area contributed by atoms with Gasteiger partial charge in [0, 0.05) is 0 Å². The van der Waals surface area contributed by atoms with Crippen LogP contribution in [0.2, 0.25) is 0 Å². The van der Waals surface area contributed by atoms with Crippen LogP contribution in [0, 0.1) is 0 Å². The quantitative estimate of drug-likeness (QED) is 0.530. The van der Waals surface area contributed by atoms with E-state index in [1.807, 2.05) is 30.3 Å². The molecule has 0 spiro atoms. The molecule has 46 valence electrons. The van der Waals surface area contributed by atoms with E-state index in [-0.39, 0.29) is 25.9 Å². The van der Waals surface area contributed by atoms with Gasteiger partial charge in [0.2, 0.25) is 0 Å². The van der Waals surface area contributed by atoms with Crippen molar-refractivity contribution < 1.29 is 7.59 Å². The fourth-order valence-corrected chi connectivity index (χ4v) is 0.557. The van der Waals surface area contributed by atoms with Gasteiger partial charge in [0.1, 0.15) is 5.75 Å². The topological polar surface area (TPSA) is 9.23 Å². The first-order chi connectivity index (χ1) is 3.93. The fraction of sp³-hybridized carbons (Fsp3) is 0.143. The summed E-state index contributed by atoms with van der Waals surface area (Å²) in [6, 6.07) is 9.68. The maximum atomic E-state index is 4.91. The van der Waals surface area contributed by atoms with Crippen LogP contribution in [0.25, 0.3) is 0 Å². The second-order valence-corrected chi connectivity index (χ2v) is 1.52. The first kappa shape index (κ1) is 8.79. The van der Waals surface area contributed by atoms with Gasteiger partial charge >= 0.3 is 23.1 Å². The third-order valence-electron chi connectivity index (χ3n) is 0.979. The molecule has 0 bridgehead atoms. The van der Waals surface area contributed by atoms with Crippen LogP contribution in [-0.2, 0) is 0 Å². The molecule has 1 nitrogen and oxygen atoms in total. The molecule has 0 saturated heterocycles. The smallest absolute Gasteiger partial charge is 1.00 e. The molecule has 0 radical (unpaired) electrons. The van der Waals surface area contributed by atoms with E-state index < -0.39 is 0 Å². The molecule has 0 aliphatic rings. The van der Waals surface area contributed by atoms with Crippen molar-refractivity contribution in [3.63, 3.8) is 0 Å². The fourth-order valence-electron chi connectivity index (χ4n) is 0.557. The molecule has 0 atom stereocenters. The molecule has 0 aliphatic heterocycles. The zero-order valence-corrected chi connectivity index (χ0v) is 6.92. The third-order valence-corrected chi connectivity index (χ3v) is 0.979. The summed E-state index contributed by atoms with van der Waals surface area (Å²) in [6.07, 6.45) is 0. The van der Waals surface area contributed by atoms with Gasteiger partial charge in [-0.1, -0.05) is 18.2 Å². The standard InChI is InChI=1S/C7H8O.Mg.2H/c1-8-7-5-3-2-4-6-7;;;/h2-6H,1H3;;;/q;+2;2*-1. The molecule has 0 aliphatic carbocycles. The van der Waals surface area contributed by atoms with E-state index in [1.165, 1.54) is 0 Å². The summed E-state index contributed by atoms with van der Waals surface area (Å²) < 4.78 is 4.91. The van der Waals surface area contributed by atoms with Crippen LogP contribution < -0.4 is 4.74 Å². The Morgan fingerprint density at radius 2 is 1.78 bits per heavy atom. The number of hydrogen-bond acceptors (Lipinski definition) is 1. The number of hydrogen-bond donors (Lipinski definition) is 0. The third kappa shape index (κ3) is 2.72. The summed E-state index contributed by atoms with van der Waals surface area (Å²) in [4.78, 5) is 0. The second kappa shape index (κ2) is 4.64. The van der Waals surface area contributed by atoms with E-state index >= 15 is 0 Å². The molecule has 0 fully saturated rings. The maximum absolute atomic E-state index is 4.91. The zero-order chi connectivity index (χ0) is 5.82. The molecule has 1 aromatic carbocycles. The Bertz CT molecular complexity index is 158. The predicted octanol–water partition coefficient (Wildman–Crippen LogP) is 1.54. The molecule has 1 rings (SSSR count). The average molecular weight is 134 g/mol. The van der Waals surface area contributed by atoms with E-state index in [0.29, 0.717) is 0 Å². The Balaban J connectivity index is -0.000000213.